The van der Waals surface area contributed by atoms with Crippen molar-refractivity contribution in [3.8, 4) is 9.75 Å². The minimum atomic E-state index is -3.38. The quantitative estimate of drug-likeness (QED) is 0.489. The van der Waals surface area contributed by atoms with Gasteiger partial charge in [0, 0.05) is 6.54 Å². The van der Waals surface area contributed by atoms with Crippen LogP contribution < -0.4 is 4.31 Å². The van der Waals surface area contributed by atoms with Crippen LogP contribution in [0.25, 0.3) is 9.75 Å². The van der Waals surface area contributed by atoms with Gasteiger partial charge < -0.3 is 0 Å². The Labute approximate surface area is 153 Å². The van der Waals surface area contributed by atoms with Crippen molar-refractivity contribution in [3.05, 3.63) is 22.9 Å². The largest absolute Gasteiger partial charge is 0.265 e. The van der Waals surface area contributed by atoms with Crippen molar-refractivity contribution in [2.45, 2.75) is 63.2 Å². The van der Waals surface area contributed by atoms with E-state index in [2.05, 4.69) is 6.92 Å². The molecule has 0 saturated carbocycles. The number of rotatable bonds is 9. The van der Waals surface area contributed by atoms with Gasteiger partial charge in [-0.25, -0.2) is 8.42 Å². The van der Waals surface area contributed by atoms with Gasteiger partial charge in [-0.3, -0.25) is 4.31 Å². The van der Waals surface area contributed by atoms with Crippen LogP contribution in [0.3, 0.4) is 0 Å². The Morgan fingerprint density at radius 1 is 0.875 bits per heavy atom. The normalized spacial score (nSPS) is 15.3. The van der Waals surface area contributed by atoms with Crippen LogP contribution in [-0.4, -0.2) is 15.0 Å². The molecule has 3 rings (SSSR count). The first-order chi connectivity index (χ1) is 11.7. The van der Waals surface area contributed by atoms with E-state index < -0.39 is 10.0 Å². The molecule has 0 bridgehead atoms. The summed E-state index contributed by atoms with van der Waals surface area (Å²) in [5.41, 5.74) is 0.873. The molecule has 0 aromatic carbocycles. The molecule has 2 aromatic heterocycles. The lowest BCUT2D eigenvalue weighted by Crippen LogP contribution is -2.34. The molecule has 1 aliphatic heterocycles. The van der Waals surface area contributed by atoms with Crippen LogP contribution in [0.15, 0.2) is 27.8 Å². The summed E-state index contributed by atoms with van der Waals surface area (Å²) in [6, 6.07) is 3.70. The molecule has 0 N–H and O–H groups in total. The van der Waals surface area contributed by atoms with E-state index in [0.717, 1.165) is 28.3 Å². The molecule has 6 heteroatoms. The van der Waals surface area contributed by atoms with Gasteiger partial charge >= 0.3 is 0 Å². The third kappa shape index (κ3) is 3.55. The van der Waals surface area contributed by atoms with E-state index in [-0.39, 0.29) is 0 Å². The van der Waals surface area contributed by atoms with Crippen LogP contribution >= 0.6 is 22.7 Å². The molecule has 0 spiro atoms. The second-order valence-electron chi connectivity index (χ2n) is 6.30. The van der Waals surface area contributed by atoms with Gasteiger partial charge in [0.15, 0.2) is 0 Å². The number of hydrogen-bond donors (Lipinski definition) is 0. The minimum Gasteiger partial charge on any atom is -0.265 e. The van der Waals surface area contributed by atoms with Crippen molar-refractivity contribution in [1.82, 2.24) is 0 Å². The van der Waals surface area contributed by atoms with Crippen molar-refractivity contribution >= 4 is 38.4 Å². The molecule has 0 atom stereocenters. The summed E-state index contributed by atoms with van der Waals surface area (Å²) in [6.45, 7) is 2.83. The molecule has 2 aromatic rings. The Bertz CT molecular complexity index is 761. The first kappa shape index (κ1) is 18.0. The predicted molar refractivity (Wildman–Crippen MR) is 105 cm³/mol. The predicted octanol–water partition coefficient (Wildman–Crippen LogP) is 6.13. The van der Waals surface area contributed by atoms with Gasteiger partial charge in [-0.05, 0) is 29.3 Å². The number of nitrogens with zero attached hydrogens (tertiary/aromatic N) is 1. The van der Waals surface area contributed by atoms with Crippen molar-refractivity contribution in [3.63, 3.8) is 0 Å². The summed E-state index contributed by atoms with van der Waals surface area (Å²) in [5, 5.41) is 3.88. The molecule has 0 amide bonds. The molecule has 24 heavy (non-hydrogen) atoms. The molecule has 0 saturated heterocycles. The maximum atomic E-state index is 12.9. The lowest BCUT2D eigenvalue weighted by molar-refractivity contribution is 0.569. The Kier molecular flexibility index (Phi) is 6.00. The average molecular weight is 384 g/mol. The van der Waals surface area contributed by atoms with Crippen LogP contribution in [0, 0.1) is 0 Å². The summed E-state index contributed by atoms with van der Waals surface area (Å²) in [5.74, 6) is 0. The smallest absolute Gasteiger partial charge is 0.265 e. The Hall–Kier alpha value is -0.850. The monoisotopic (exact) mass is 383 g/mol. The molecular formula is C18H25NO2S3. The van der Waals surface area contributed by atoms with Crippen LogP contribution in [0.2, 0.25) is 0 Å². The van der Waals surface area contributed by atoms with Gasteiger partial charge in [-0.15, -0.1) is 22.7 Å². The van der Waals surface area contributed by atoms with Gasteiger partial charge in [0.1, 0.15) is 4.90 Å². The zero-order valence-electron chi connectivity index (χ0n) is 14.2. The topological polar surface area (TPSA) is 37.4 Å². The van der Waals surface area contributed by atoms with E-state index in [9.17, 15) is 8.42 Å². The second kappa shape index (κ2) is 8.02. The Morgan fingerprint density at radius 2 is 1.50 bits per heavy atom. The summed E-state index contributed by atoms with van der Waals surface area (Å²) < 4.78 is 27.4. The SMILES string of the molecule is CCCCCCCCCCN1c2ccsc2-c2sccc2S1(=O)=O. The van der Waals surface area contributed by atoms with Crippen LogP contribution in [0.5, 0.6) is 0 Å². The first-order valence-corrected chi connectivity index (χ1v) is 12.0. The lowest BCUT2D eigenvalue weighted by Gasteiger charge is -2.28. The van der Waals surface area contributed by atoms with E-state index >= 15 is 0 Å². The lowest BCUT2D eigenvalue weighted by atomic mass is 10.1. The van der Waals surface area contributed by atoms with Gasteiger partial charge in [0.05, 0.1) is 15.4 Å². The highest BCUT2D eigenvalue weighted by atomic mass is 32.2. The van der Waals surface area contributed by atoms with E-state index in [1.165, 1.54) is 49.9 Å². The van der Waals surface area contributed by atoms with E-state index in [4.69, 9.17) is 0 Å². The highest BCUT2D eigenvalue weighted by Gasteiger charge is 2.36. The highest BCUT2D eigenvalue weighted by molar-refractivity contribution is 7.93. The Balaban J connectivity index is 1.59. The fourth-order valence-corrected chi connectivity index (χ4v) is 7.35. The number of hydrogen-bond acceptors (Lipinski definition) is 4. The van der Waals surface area contributed by atoms with Crippen molar-refractivity contribution in [2.75, 3.05) is 10.8 Å². The molecule has 3 heterocycles. The summed E-state index contributed by atoms with van der Waals surface area (Å²) >= 11 is 3.16. The van der Waals surface area contributed by atoms with Gasteiger partial charge in [-0.2, -0.15) is 0 Å². The van der Waals surface area contributed by atoms with Gasteiger partial charge in [-0.1, -0.05) is 51.9 Å². The number of anilines is 1. The summed E-state index contributed by atoms with van der Waals surface area (Å²) in [7, 11) is -3.38. The summed E-state index contributed by atoms with van der Waals surface area (Å²) in [4.78, 5) is 2.50. The zero-order chi connectivity index (χ0) is 17.0. The molecule has 0 fully saturated rings. The van der Waals surface area contributed by atoms with E-state index in [1.54, 1.807) is 21.7 Å². The van der Waals surface area contributed by atoms with Gasteiger partial charge in [0.2, 0.25) is 0 Å². The maximum Gasteiger partial charge on any atom is 0.265 e. The minimum absolute atomic E-state index is 0.488. The number of unbranched alkanes of at least 4 members (excludes halogenated alkanes) is 7. The average Bonchev–Trinajstić information content (AvgIpc) is 3.21. The molecule has 1 aliphatic rings. The molecular weight excluding hydrogens is 358 g/mol. The van der Waals surface area contributed by atoms with Gasteiger partial charge in [0.25, 0.3) is 10.0 Å². The highest BCUT2D eigenvalue weighted by Crippen LogP contribution is 2.48. The molecule has 132 valence electrons. The van der Waals surface area contributed by atoms with E-state index in [1.807, 2.05) is 16.8 Å². The van der Waals surface area contributed by atoms with Crippen LogP contribution in [-0.2, 0) is 10.0 Å². The van der Waals surface area contributed by atoms with Crippen molar-refractivity contribution < 1.29 is 8.42 Å². The molecule has 0 radical (unpaired) electrons. The standard InChI is InChI=1S/C18H25NO2S3/c1-2-3-4-5-6-7-8-9-12-19-15-10-13-22-17(15)18-16(11-14-23-18)24(19,20)21/h10-11,13-14H,2-9,12H2,1H3. The third-order valence-corrected chi connectivity index (χ3v) is 8.50. The zero-order valence-corrected chi connectivity index (χ0v) is 16.6. The van der Waals surface area contributed by atoms with Crippen LogP contribution in [0.4, 0.5) is 5.69 Å². The number of sulfonamides is 1. The fraction of sp³-hybridized carbons (Fsp3) is 0.556. The molecule has 3 nitrogen and oxygen atoms in total. The van der Waals surface area contributed by atoms with Crippen molar-refractivity contribution in [1.29, 1.82) is 0 Å². The van der Waals surface area contributed by atoms with Crippen molar-refractivity contribution in [2.24, 2.45) is 0 Å². The molecule has 0 aliphatic carbocycles. The first-order valence-electron chi connectivity index (χ1n) is 8.84. The Morgan fingerprint density at radius 3 is 2.25 bits per heavy atom. The van der Waals surface area contributed by atoms with E-state index in [0.29, 0.717) is 11.4 Å². The second-order valence-corrected chi connectivity index (χ2v) is 9.96. The number of thiophene rings is 2. The molecule has 0 unspecified atom stereocenters. The maximum absolute atomic E-state index is 12.9. The summed E-state index contributed by atoms with van der Waals surface area (Å²) in [6.07, 6.45) is 9.76. The third-order valence-electron chi connectivity index (χ3n) is 4.53. The number of fused-ring (bicyclic) bond motifs is 3. The van der Waals surface area contributed by atoms with Crippen LogP contribution in [0.1, 0.15) is 58.3 Å². The fourth-order valence-electron chi connectivity index (χ4n) is 3.21.